The molecule has 0 aliphatic rings. The molecule has 1 heterocycles. The van der Waals surface area contributed by atoms with Gasteiger partial charge in [-0.05, 0) is 23.8 Å². The van der Waals surface area contributed by atoms with Crippen LogP contribution in [0, 0.1) is 0 Å². The first-order valence-electron chi connectivity index (χ1n) is 5.72. The second kappa shape index (κ2) is 5.71. The molecular weight excluding hydrogens is 264 g/mol. The summed E-state index contributed by atoms with van der Waals surface area (Å²) >= 11 is 6.10. The van der Waals surface area contributed by atoms with E-state index >= 15 is 0 Å². The molecule has 0 spiro atoms. The van der Waals surface area contributed by atoms with Gasteiger partial charge in [0, 0.05) is 18.6 Å². The minimum Gasteiger partial charge on any atom is -0.477 e. The van der Waals surface area contributed by atoms with Gasteiger partial charge in [-0.25, -0.2) is 9.78 Å². The van der Waals surface area contributed by atoms with Gasteiger partial charge < -0.3 is 10.0 Å². The van der Waals surface area contributed by atoms with Crippen LogP contribution in [0.5, 0.6) is 0 Å². The van der Waals surface area contributed by atoms with Crippen LogP contribution in [0.4, 0.5) is 5.69 Å². The molecule has 0 aliphatic carbocycles. The Kier molecular flexibility index (Phi) is 4.02. The number of hydrogen-bond donors (Lipinski definition) is 1. The molecule has 0 unspecified atom stereocenters. The second-order valence-electron chi connectivity index (χ2n) is 4.15. The van der Waals surface area contributed by atoms with Crippen molar-refractivity contribution in [3.63, 3.8) is 0 Å². The molecule has 19 heavy (non-hydrogen) atoms. The number of carbonyl (C=O) groups is 1. The number of rotatable bonds is 4. The Morgan fingerprint density at radius 3 is 2.63 bits per heavy atom. The molecule has 1 N–H and O–H groups in total. The predicted octanol–water partition coefficient (Wildman–Crippen LogP) is 3.07. The van der Waals surface area contributed by atoms with Gasteiger partial charge in [-0.1, -0.05) is 29.8 Å². The number of hydrogen-bond acceptors (Lipinski definition) is 3. The monoisotopic (exact) mass is 276 g/mol. The molecule has 0 radical (unpaired) electrons. The van der Waals surface area contributed by atoms with Gasteiger partial charge in [0.15, 0.2) is 0 Å². The maximum absolute atomic E-state index is 10.7. The van der Waals surface area contributed by atoms with Gasteiger partial charge in [0.25, 0.3) is 0 Å². The van der Waals surface area contributed by atoms with Crippen molar-refractivity contribution in [1.82, 2.24) is 4.98 Å². The Hall–Kier alpha value is -2.07. The van der Waals surface area contributed by atoms with E-state index in [1.54, 1.807) is 12.3 Å². The highest BCUT2D eigenvalue weighted by Crippen LogP contribution is 2.20. The summed E-state index contributed by atoms with van der Waals surface area (Å²) in [6.45, 7) is 0.633. The number of pyridine rings is 1. The summed E-state index contributed by atoms with van der Waals surface area (Å²) < 4.78 is 0. The summed E-state index contributed by atoms with van der Waals surface area (Å²) in [5.74, 6) is -1.03. The maximum Gasteiger partial charge on any atom is 0.354 e. The average molecular weight is 277 g/mol. The van der Waals surface area contributed by atoms with E-state index < -0.39 is 5.97 Å². The van der Waals surface area contributed by atoms with Gasteiger partial charge >= 0.3 is 5.97 Å². The van der Waals surface area contributed by atoms with Crippen LogP contribution in [0.3, 0.4) is 0 Å². The number of carboxylic acid groups (broad SMARTS) is 1. The van der Waals surface area contributed by atoms with Crippen LogP contribution in [0.2, 0.25) is 5.02 Å². The molecule has 0 fully saturated rings. The van der Waals surface area contributed by atoms with E-state index in [0.717, 1.165) is 11.3 Å². The molecule has 1 aromatic heterocycles. The van der Waals surface area contributed by atoms with Crippen molar-refractivity contribution < 1.29 is 9.90 Å². The summed E-state index contributed by atoms with van der Waals surface area (Å²) in [6, 6.07) is 10.8. The SMILES string of the molecule is CN(Cc1ccccc1Cl)c1ccc(C(=O)O)nc1. The average Bonchev–Trinajstić information content (AvgIpc) is 2.41. The Labute approximate surface area is 116 Å². The smallest absolute Gasteiger partial charge is 0.354 e. The van der Waals surface area contributed by atoms with Gasteiger partial charge in [0.05, 0.1) is 11.9 Å². The minimum absolute atomic E-state index is 0.0369. The zero-order chi connectivity index (χ0) is 13.8. The van der Waals surface area contributed by atoms with Crippen molar-refractivity contribution in [3.05, 3.63) is 58.9 Å². The summed E-state index contributed by atoms with van der Waals surface area (Å²) in [5.41, 5.74) is 1.88. The Morgan fingerprint density at radius 2 is 2.05 bits per heavy atom. The van der Waals surface area contributed by atoms with E-state index in [-0.39, 0.29) is 5.69 Å². The highest BCUT2D eigenvalue weighted by atomic mass is 35.5. The van der Waals surface area contributed by atoms with Gasteiger partial charge in [-0.15, -0.1) is 0 Å². The lowest BCUT2D eigenvalue weighted by molar-refractivity contribution is 0.0690. The van der Waals surface area contributed by atoms with E-state index in [4.69, 9.17) is 16.7 Å². The molecule has 0 bridgehead atoms. The first-order valence-corrected chi connectivity index (χ1v) is 6.09. The van der Waals surface area contributed by atoms with Gasteiger partial charge in [0.1, 0.15) is 5.69 Å². The normalized spacial score (nSPS) is 10.2. The minimum atomic E-state index is -1.03. The molecule has 0 atom stereocenters. The number of halogens is 1. The summed E-state index contributed by atoms with van der Waals surface area (Å²) in [4.78, 5) is 16.6. The number of aromatic nitrogens is 1. The molecule has 4 nitrogen and oxygen atoms in total. The molecule has 0 saturated heterocycles. The second-order valence-corrected chi connectivity index (χ2v) is 4.56. The molecule has 98 valence electrons. The van der Waals surface area contributed by atoms with E-state index in [0.29, 0.717) is 11.6 Å². The highest BCUT2D eigenvalue weighted by molar-refractivity contribution is 6.31. The Bertz CT molecular complexity index is 584. The van der Waals surface area contributed by atoms with E-state index in [9.17, 15) is 4.79 Å². The topological polar surface area (TPSA) is 53.4 Å². The van der Waals surface area contributed by atoms with E-state index in [1.807, 2.05) is 36.2 Å². The molecule has 0 amide bonds. The van der Waals surface area contributed by atoms with Crippen molar-refractivity contribution >= 4 is 23.3 Å². The quantitative estimate of drug-likeness (QED) is 0.932. The fourth-order valence-corrected chi connectivity index (χ4v) is 1.91. The zero-order valence-corrected chi connectivity index (χ0v) is 11.1. The summed E-state index contributed by atoms with van der Waals surface area (Å²) in [7, 11) is 1.90. The van der Waals surface area contributed by atoms with Crippen molar-refractivity contribution in [2.24, 2.45) is 0 Å². The van der Waals surface area contributed by atoms with Crippen molar-refractivity contribution in [2.45, 2.75) is 6.54 Å². The van der Waals surface area contributed by atoms with Crippen LogP contribution in [0.15, 0.2) is 42.6 Å². The van der Waals surface area contributed by atoms with Crippen molar-refractivity contribution in [3.8, 4) is 0 Å². The molecule has 1 aromatic carbocycles. The van der Waals surface area contributed by atoms with Crippen LogP contribution in [-0.4, -0.2) is 23.1 Å². The molecule has 0 aliphatic heterocycles. The first-order chi connectivity index (χ1) is 9.08. The van der Waals surface area contributed by atoms with Crippen LogP contribution < -0.4 is 4.90 Å². The Balaban J connectivity index is 2.14. The van der Waals surface area contributed by atoms with Crippen molar-refractivity contribution in [2.75, 3.05) is 11.9 Å². The lowest BCUT2D eigenvalue weighted by atomic mass is 10.2. The number of nitrogens with zero attached hydrogens (tertiary/aromatic N) is 2. The highest BCUT2D eigenvalue weighted by Gasteiger charge is 2.08. The van der Waals surface area contributed by atoms with Gasteiger partial charge in [-0.2, -0.15) is 0 Å². The third-order valence-electron chi connectivity index (χ3n) is 2.77. The third-order valence-corrected chi connectivity index (χ3v) is 3.14. The summed E-state index contributed by atoms with van der Waals surface area (Å²) in [6.07, 6.45) is 1.54. The maximum atomic E-state index is 10.7. The molecule has 2 aromatic rings. The third kappa shape index (κ3) is 3.23. The number of anilines is 1. The van der Waals surface area contributed by atoms with Gasteiger partial charge in [0.2, 0.25) is 0 Å². The molecule has 2 rings (SSSR count). The molecule has 0 saturated carbocycles. The lowest BCUT2D eigenvalue weighted by Gasteiger charge is -2.19. The Morgan fingerprint density at radius 1 is 1.32 bits per heavy atom. The van der Waals surface area contributed by atoms with Crippen LogP contribution in [0.1, 0.15) is 16.1 Å². The molecular formula is C14H13ClN2O2. The fourth-order valence-electron chi connectivity index (χ4n) is 1.71. The number of benzene rings is 1. The van der Waals surface area contributed by atoms with Crippen molar-refractivity contribution in [1.29, 1.82) is 0 Å². The van der Waals surface area contributed by atoms with Crippen LogP contribution >= 0.6 is 11.6 Å². The first kappa shape index (κ1) is 13.4. The van der Waals surface area contributed by atoms with E-state index in [2.05, 4.69) is 4.98 Å². The van der Waals surface area contributed by atoms with Gasteiger partial charge in [-0.3, -0.25) is 0 Å². The zero-order valence-electron chi connectivity index (χ0n) is 10.4. The summed E-state index contributed by atoms with van der Waals surface area (Å²) in [5, 5.41) is 9.50. The van der Waals surface area contributed by atoms with E-state index in [1.165, 1.54) is 6.07 Å². The number of aromatic carboxylic acids is 1. The standard InChI is InChI=1S/C14H13ClN2O2/c1-17(9-10-4-2-3-5-12(10)15)11-6-7-13(14(18)19)16-8-11/h2-8H,9H2,1H3,(H,18,19). The molecule has 5 heteroatoms. The van der Waals surface area contributed by atoms with Crippen LogP contribution in [-0.2, 0) is 6.54 Å². The van der Waals surface area contributed by atoms with Crippen LogP contribution in [0.25, 0.3) is 0 Å². The fraction of sp³-hybridized carbons (Fsp3) is 0.143. The predicted molar refractivity (Wildman–Crippen MR) is 74.8 cm³/mol. The number of carboxylic acids is 1. The lowest BCUT2D eigenvalue weighted by Crippen LogP contribution is -2.17. The largest absolute Gasteiger partial charge is 0.477 e.